The van der Waals surface area contributed by atoms with E-state index in [4.69, 9.17) is 11.6 Å². The first-order chi connectivity index (χ1) is 14.5. The van der Waals surface area contributed by atoms with Crippen molar-refractivity contribution in [3.8, 4) is 0 Å². The molecule has 2 aromatic rings. The molecule has 1 aliphatic rings. The lowest BCUT2D eigenvalue weighted by molar-refractivity contribution is -0.141. The first kappa shape index (κ1) is 22.3. The normalized spacial score (nSPS) is 15.0. The largest absolute Gasteiger partial charge is 0.352 e. The van der Waals surface area contributed by atoms with E-state index < -0.39 is 11.9 Å². The summed E-state index contributed by atoms with van der Waals surface area (Å²) in [7, 11) is 0. The molecule has 2 aromatic carbocycles. The molecule has 160 valence electrons. The van der Waals surface area contributed by atoms with Gasteiger partial charge < -0.3 is 10.2 Å². The van der Waals surface area contributed by atoms with Crippen LogP contribution in [-0.2, 0) is 22.6 Å². The van der Waals surface area contributed by atoms with Crippen LogP contribution in [-0.4, -0.2) is 28.8 Å². The molecule has 1 atom stereocenters. The molecule has 0 bridgehead atoms. The van der Waals surface area contributed by atoms with Gasteiger partial charge >= 0.3 is 0 Å². The summed E-state index contributed by atoms with van der Waals surface area (Å²) in [5, 5.41) is 3.32. The molecule has 6 heteroatoms. The summed E-state index contributed by atoms with van der Waals surface area (Å²) in [4.78, 5) is 27.9. The first-order valence-electron chi connectivity index (χ1n) is 10.6. The molecule has 30 heavy (non-hydrogen) atoms. The Balaban J connectivity index is 1.84. The van der Waals surface area contributed by atoms with Gasteiger partial charge in [-0.1, -0.05) is 67.8 Å². The zero-order chi connectivity index (χ0) is 21.5. The van der Waals surface area contributed by atoms with Crippen molar-refractivity contribution in [2.24, 2.45) is 0 Å². The zero-order valence-corrected chi connectivity index (χ0v) is 18.0. The highest BCUT2D eigenvalue weighted by atomic mass is 35.5. The van der Waals surface area contributed by atoms with Crippen LogP contribution in [0.25, 0.3) is 0 Å². The fourth-order valence-electron chi connectivity index (χ4n) is 4.02. The Morgan fingerprint density at radius 1 is 1.13 bits per heavy atom. The third-order valence-corrected chi connectivity index (χ3v) is 6.03. The van der Waals surface area contributed by atoms with Crippen LogP contribution in [0.1, 0.15) is 50.2 Å². The Labute approximate surface area is 182 Å². The molecule has 0 spiro atoms. The molecule has 0 radical (unpaired) electrons. The van der Waals surface area contributed by atoms with Crippen LogP contribution < -0.4 is 5.32 Å². The summed E-state index contributed by atoms with van der Waals surface area (Å²) < 4.78 is 14.3. The SMILES string of the molecule is CC[C@H](C(=O)NC1CCCC1)N(Cc1ccccc1)C(=O)Cc1c(F)cccc1Cl. The smallest absolute Gasteiger partial charge is 0.243 e. The molecule has 1 N–H and O–H groups in total. The minimum atomic E-state index is -0.621. The number of hydrogen-bond donors (Lipinski definition) is 1. The van der Waals surface area contributed by atoms with Gasteiger partial charge in [0.2, 0.25) is 11.8 Å². The van der Waals surface area contributed by atoms with Crippen LogP contribution in [0.15, 0.2) is 48.5 Å². The second kappa shape index (κ2) is 10.6. The van der Waals surface area contributed by atoms with Gasteiger partial charge in [-0.2, -0.15) is 0 Å². The molecule has 1 fully saturated rings. The van der Waals surface area contributed by atoms with E-state index >= 15 is 0 Å². The van der Waals surface area contributed by atoms with Crippen molar-refractivity contribution < 1.29 is 14.0 Å². The highest BCUT2D eigenvalue weighted by Crippen LogP contribution is 2.23. The van der Waals surface area contributed by atoms with E-state index in [0.29, 0.717) is 6.42 Å². The van der Waals surface area contributed by atoms with E-state index in [1.54, 1.807) is 11.0 Å². The van der Waals surface area contributed by atoms with E-state index in [0.717, 1.165) is 31.2 Å². The molecule has 0 aliphatic heterocycles. The van der Waals surface area contributed by atoms with Crippen molar-refractivity contribution in [1.29, 1.82) is 0 Å². The molecule has 1 saturated carbocycles. The third kappa shape index (κ3) is 5.60. The average Bonchev–Trinajstić information content (AvgIpc) is 3.24. The number of halogens is 2. The second-order valence-electron chi connectivity index (χ2n) is 7.80. The van der Waals surface area contributed by atoms with Crippen LogP contribution in [0, 0.1) is 5.82 Å². The van der Waals surface area contributed by atoms with Gasteiger partial charge in [0.15, 0.2) is 0 Å². The molecular weight excluding hydrogens is 403 g/mol. The Morgan fingerprint density at radius 3 is 2.47 bits per heavy atom. The third-order valence-electron chi connectivity index (χ3n) is 5.67. The number of carbonyl (C=O) groups is 2. The molecule has 2 amide bonds. The molecule has 0 aromatic heterocycles. The van der Waals surface area contributed by atoms with E-state index in [-0.39, 0.29) is 41.4 Å². The number of carbonyl (C=O) groups excluding carboxylic acids is 2. The maximum absolute atomic E-state index is 14.3. The zero-order valence-electron chi connectivity index (χ0n) is 17.2. The molecule has 0 heterocycles. The minimum absolute atomic E-state index is 0.145. The number of hydrogen-bond acceptors (Lipinski definition) is 2. The first-order valence-corrected chi connectivity index (χ1v) is 10.9. The fraction of sp³-hybridized carbons (Fsp3) is 0.417. The molecule has 4 nitrogen and oxygen atoms in total. The number of amides is 2. The summed E-state index contributed by atoms with van der Waals surface area (Å²) in [6, 6.07) is 13.4. The number of rotatable bonds is 8. The van der Waals surface area contributed by atoms with Gasteiger partial charge in [-0.25, -0.2) is 4.39 Å². The topological polar surface area (TPSA) is 49.4 Å². The van der Waals surface area contributed by atoms with Crippen molar-refractivity contribution >= 4 is 23.4 Å². The monoisotopic (exact) mass is 430 g/mol. The molecular formula is C24H28ClFN2O2. The van der Waals surface area contributed by atoms with Crippen LogP contribution in [0.4, 0.5) is 4.39 Å². The van der Waals surface area contributed by atoms with Crippen molar-refractivity contribution in [2.75, 3.05) is 0 Å². The molecule has 1 aliphatic carbocycles. The standard InChI is InChI=1S/C24H28ClFN2O2/c1-2-22(24(30)27-18-11-6-7-12-18)28(16-17-9-4-3-5-10-17)23(29)15-19-20(25)13-8-14-21(19)26/h3-5,8-10,13-14,18,22H,2,6-7,11-12,15-16H2,1H3,(H,27,30)/t22-/m1/s1. The highest BCUT2D eigenvalue weighted by molar-refractivity contribution is 6.31. The van der Waals surface area contributed by atoms with Gasteiger partial charge in [0.25, 0.3) is 0 Å². The van der Waals surface area contributed by atoms with Crippen molar-refractivity contribution in [3.63, 3.8) is 0 Å². The van der Waals surface area contributed by atoms with Gasteiger partial charge in [-0.15, -0.1) is 0 Å². The summed E-state index contributed by atoms with van der Waals surface area (Å²) in [5.41, 5.74) is 1.07. The van der Waals surface area contributed by atoms with Gasteiger partial charge in [-0.05, 0) is 37.0 Å². The summed E-state index contributed by atoms with van der Waals surface area (Å²) >= 11 is 6.14. The minimum Gasteiger partial charge on any atom is -0.352 e. The van der Waals surface area contributed by atoms with Gasteiger partial charge in [0.05, 0.1) is 6.42 Å². The maximum Gasteiger partial charge on any atom is 0.243 e. The van der Waals surface area contributed by atoms with Crippen molar-refractivity contribution in [2.45, 2.75) is 64.1 Å². The molecule has 3 rings (SSSR count). The quantitative estimate of drug-likeness (QED) is 0.648. The Bertz CT molecular complexity index is 849. The van der Waals surface area contributed by atoms with Gasteiger partial charge in [-0.3, -0.25) is 9.59 Å². The van der Waals surface area contributed by atoms with Crippen LogP contribution in [0.3, 0.4) is 0 Å². The summed E-state index contributed by atoms with van der Waals surface area (Å²) in [6.07, 6.45) is 4.45. The predicted octanol–water partition coefficient (Wildman–Crippen LogP) is 4.89. The van der Waals surface area contributed by atoms with Crippen LogP contribution >= 0.6 is 11.6 Å². The highest BCUT2D eigenvalue weighted by Gasteiger charge is 2.31. The number of nitrogens with zero attached hydrogens (tertiary/aromatic N) is 1. The molecule has 0 saturated heterocycles. The van der Waals surface area contributed by atoms with E-state index in [2.05, 4.69) is 5.32 Å². The van der Waals surface area contributed by atoms with Crippen molar-refractivity contribution in [3.05, 3.63) is 70.5 Å². The van der Waals surface area contributed by atoms with Crippen LogP contribution in [0.5, 0.6) is 0 Å². The fourth-order valence-corrected chi connectivity index (χ4v) is 4.25. The summed E-state index contributed by atoms with van der Waals surface area (Å²) in [5.74, 6) is -0.980. The Kier molecular flexibility index (Phi) is 7.86. The lowest BCUT2D eigenvalue weighted by Gasteiger charge is -2.31. The number of nitrogens with one attached hydrogen (secondary N) is 1. The van der Waals surface area contributed by atoms with Gasteiger partial charge in [0.1, 0.15) is 11.9 Å². The lowest BCUT2D eigenvalue weighted by atomic mass is 10.1. The average molecular weight is 431 g/mol. The predicted molar refractivity (Wildman–Crippen MR) is 117 cm³/mol. The number of benzene rings is 2. The van der Waals surface area contributed by atoms with Crippen molar-refractivity contribution in [1.82, 2.24) is 10.2 Å². The maximum atomic E-state index is 14.3. The van der Waals surface area contributed by atoms with Crippen LogP contribution in [0.2, 0.25) is 5.02 Å². The van der Waals surface area contributed by atoms with E-state index in [1.807, 2.05) is 37.3 Å². The second-order valence-corrected chi connectivity index (χ2v) is 8.21. The lowest BCUT2D eigenvalue weighted by Crippen LogP contribution is -2.51. The Hall–Kier alpha value is -2.40. The van der Waals surface area contributed by atoms with E-state index in [9.17, 15) is 14.0 Å². The Morgan fingerprint density at radius 2 is 1.83 bits per heavy atom. The molecule has 0 unspecified atom stereocenters. The summed E-state index contributed by atoms with van der Waals surface area (Å²) in [6.45, 7) is 2.17. The van der Waals surface area contributed by atoms with Gasteiger partial charge in [0, 0.05) is 23.2 Å². The van der Waals surface area contributed by atoms with E-state index in [1.165, 1.54) is 12.1 Å².